The lowest BCUT2D eigenvalue weighted by molar-refractivity contribution is 0.0603. The number of fused-ring (bicyclic) bond motifs is 4. The average Bonchev–Trinajstić information content (AvgIpc) is 3.17. The quantitative estimate of drug-likeness (QED) is 0.450. The number of esters is 1. The van der Waals surface area contributed by atoms with Crippen LogP contribution in [0.2, 0.25) is 0 Å². The minimum absolute atomic E-state index is 0.413. The van der Waals surface area contributed by atoms with Crippen molar-refractivity contribution in [3.63, 3.8) is 0 Å². The summed E-state index contributed by atoms with van der Waals surface area (Å²) >= 11 is 0. The van der Waals surface area contributed by atoms with Crippen LogP contribution in [-0.4, -0.2) is 32.7 Å². The van der Waals surface area contributed by atoms with E-state index in [1.54, 1.807) is 10.6 Å². The van der Waals surface area contributed by atoms with Crippen LogP contribution in [0.4, 0.5) is 0 Å². The van der Waals surface area contributed by atoms with Gasteiger partial charge >= 0.3 is 5.97 Å². The van der Waals surface area contributed by atoms with Crippen LogP contribution in [-0.2, 0) is 4.74 Å². The number of hydrogen-bond acceptors (Lipinski definition) is 5. The Hall–Kier alpha value is -3.80. The van der Waals surface area contributed by atoms with Crippen molar-refractivity contribution < 1.29 is 9.53 Å². The maximum absolute atomic E-state index is 12.3. The Balaban J connectivity index is 1.78. The van der Waals surface area contributed by atoms with Gasteiger partial charge in [-0.2, -0.15) is 0 Å². The summed E-state index contributed by atoms with van der Waals surface area (Å²) in [5.41, 5.74) is 3.35. The van der Waals surface area contributed by atoms with E-state index < -0.39 is 5.97 Å². The monoisotopic (exact) mass is 354 g/mol. The Labute approximate surface area is 154 Å². The zero-order valence-electron chi connectivity index (χ0n) is 14.5. The number of hydrogen-bond donors (Lipinski definition) is 0. The summed E-state index contributed by atoms with van der Waals surface area (Å²) in [5.74, 6) is 0.0475. The van der Waals surface area contributed by atoms with Gasteiger partial charge < -0.3 is 4.74 Å². The van der Waals surface area contributed by atoms with Crippen molar-refractivity contribution in [3.8, 4) is 11.5 Å². The Kier molecular flexibility index (Phi) is 3.36. The summed E-state index contributed by atoms with van der Waals surface area (Å²) in [4.78, 5) is 21.5. The zero-order valence-corrected chi connectivity index (χ0v) is 14.5. The lowest BCUT2D eigenvalue weighted by Crippen LogP contribution is -2.04. The number of aromatic nitrogens is 4. The Bertz CT molecular complexity index is 1340. The second-order valence-electron chi connectivity index (χ2n) is 6.16. The minimum atomic E-state index is -0.413. The summed E-state index contributed by atoms with van der Waals surface area (Å²) in [7, 11) is 1.37. The van der Waals surface area contributed by atoms with Crippen molar-refractivity contribution in [3.05, 3.63) is 72.3 Å². The molecule has 0 radical (unpaired) electrons. The fourth-order valence-electron chi connectivity index (χ4n) is 3.27. The fraction of sp³-hybridized carbons (Fsp3) is 0.0476. The van der Waals surface area contributed by atoms with Gasteiger partial charge in [0.2, 0.25) is 5.82 Å². The van der Waals surface area contributed by atoms with Gasteiger partial charge in [-0.15, -0.1) is 5.10 Å². The normalized spacial score (nSPS) is 11.3. The molecule has 0 atom stereocenters. The maximum Gasteiger partial charge on any atom is 0.338 e. The number of methoxy groups -OCH3 is 1. The first-order chi connectivity index (χ1) is 13.2. The van der Waals surface area contributed by atoms with Gasteiger partial charge in [0.15, 0.2) is 5.65 Å². The molecule has 0 saturated heterocycles. The van der Waals surface area contributed by atoms with Crippen molar-refractivity contribution >= 4 is 33.4 Å². The largest absolute Gasteiger partial charge is 0.465 e. The highest BCUT2D eigenvalue weighted by Gasteiger charge is 2.17. The number of para-hydroxylation sites is 2. The average molecular weight is 354 g/mol. The molecule has 27 heavy (non-hydrogen) atoms. The van der Waals surface area contributed by atoms with E-state index in [-0.39, 0.29) is 0 Å². The second kappa shape index (κ2) is 5.88. The molecule has 0 N–H and O–H groups in total. The predicted octanol–water partition coefficient (Wildman–Crippen LogP) is 3.88. The number of carbonyl (C=O) groups excluding carboxylic acids is 1. The third-order valence-corrected chi connectivity index (χ3v) is 4.56. The molecule has 0 unspecified atom stereocenters. The van der Waals surface area contributed by atoms with Crippen molar-refractivity contribution in [2.45, 2.75) is 0 Å². The van der Waals surface area contributed by atoms with Crippen LogP contribution in [0, 0.1) is 0 Å². The van der Waals surface area contributed by atoms with E-state index in [0.717, 1.165) is 21.9 Å². The van der Waals surface area contributed by atoms with Crippen molar-refractivity contribution in [1.82, 2.24) is 19.6 Å². The molecule has 130 valence electrons. The van der Waals surface area contributed by atoms with Crippen molar-refractivity contribution in [2.75, 3.05) is 7.11 Å². The molecule has 0 saturated carbocycles. The molecular formula is C21H14N4O2. The van der Waals surface area contributed by atoms with E-state index in [4.69, 9.17) is 4.74 Å². The Morgan fingerprint density at radius 3 is 2.67 bits per heavy atom. The molecule has 6 heteroatoms. The first-order valence-electron chi connectivity index (χ1n) is 8.47. The molecule has 6 nitrogen and oxygen atoms in total. The van der Waals surface area contributed by atoms with Crippen LogP contribution >= 0.6 is 0 Å². The van der Waals surface area contributed by atoms with Crippen LogP contribution in [0.5, 0.6) is 0 Å². The topological polar surface area (TPSA) is 69.4 Å². The van der Waals surface area contributed by atoms with Crippen LogP contribution in [0.15, 0.2) is 66.7 Å². The van der Waals surface area contributed by atoms with Crippen LogP contribution < -0.4 is 0 Å². The smallest absolute Gasteiger partial charge is 0.338 e. The lowest BCUT2D eigenvalue weighted by atomic mass is 10.1. The maximum atomic E-state index is 12.3. The molecule has 0 spiro atoms. The predicted molar refractivity (Wildman–Crippen MR) is 103 cm³/mol. The van der Waals surface area contributed by atoms with Crippen LogP contribution in [0.1, 0.15) is 10.4 Å². The number of pyridine rings is 2. The van der Waals surface area contributed by atoms with Gasteiger partial charge in [0.25, 0.3) is 0 Å². The van der Waals surface area contributed by atoms with Gasteiger partial charge in [-0.3, -0.25) is 0 Å². The summed E-state index contributed by atoms with van der Waals surface area (Å²) in [6.45, 7) is 0. The number of ether oxygens (including phenoxy) is 1. The van der Waals surface area contributed by atoms with Gasteiger partial charge in [0, 0.05) is 10.8 Å². The van der Waals surface area contributed by atoms with Crippen molar-refractivity contribution in [2.24, 2.45) is 0 Å². The van der Waals surface area contributed by atoms with E-state index in [1.807, 2.05) is 60.7 Å². The molecule has 0 bridgehead atoms. The summed E-state index contributed by atoms with van der Waals surface area (Å²) in [6, 6.07) is 21.0. The zero-order chi connectivity index (χ0) is 18.4. The van der Waals surface area contributed by atoms with Gasteiger partial charge in [0.1, 0.15) is 5.69 Å². The number of carbonyl (C=O) groups is 1. The molecule has 0 aliphatic carbocycles. The van der Waals surface area contributed by atoms with E-state index in [9.17, 15) is 4.79 Å². The Morgan fingerprint density at radius 2 is 1.78 bits per heavy atom. The number of benzene rings is 2. The second-order valence-corrected chi connectivity index (χ2v) is 6.16. The molecule has 0 amide bonds. The van der Waals surface area contributed by atoms with Gasteiger partial charge in [-0.25, -0.2) is 19.3 Å². The van der Waals surface area contributed by atoms with Crippen LogP contribution in [0.3, 0.4) is 0 Å². The lowest BCUT2D eigenvalue weighted by Gasteiger charge is -2.06. The first kappa shape index (κ1) is 15.5. The van der Waals surface area contributed by atoms with E-state index >= 15 is 0 Å². The highest BCUT2D eigenvalue weighted by molar-refractivity contribution is 6.04. The number of nitrogens with zero attached hydrogens (tertiary/aromatic N) is 4. The fourth-order valence-corrected chi connectivity index (χ4v) is 3.27. The molecule has 3 aromatic heterocycles. The highest BCUT2D eigenvalue weighted by Crippen LogP contribution is 2.25. The third-order valence-electron chi connectivity index (χ3n) is 4.56. The van der Waals surface area contributed by atoms with Gasteiger partial charge in [-0.05, 0) is 30.3 Å². The molecule has 3 heterocycles. The molecule has 5 rings (SSSR count). The molecular weight excluding hydrogens is 340 g/mol. The van der Waals surface area contributed by atoms with Gasteiger partial charge in [0.05, 0.1) is 23.7 Å². The van der Waals surface area contributed by atoms with E-state index in [1.165, 1.54) is 7.11 Å². The van der Waals surface area contributed by atoms with Crippen molar-refractivity contribution in [1.29, 1.82) is 0 Å². The minimum Gasteiger partial charge on any atom is -0.465 e. The third kappa shape index (κ3) is 2.42. The van der Waals surface area contributed by atoms with Crippen LogP contribution in [0.25, 0.3) is 39.0 Å². The SMILES string of the molecule is COC(=O)c1cc(-c2nc3ccc4ccccc4n3n2)nc2ccccc12. The molecule has 5 aromatic rings. The Morgan fingerprint density at radius 1 is 0.963 bits per heavy atom. The van der Waals surface area contributed by atoms with Gasteiger partial charge in [-0.1, -0.05) is 36.4 Å². The molecule has 0 aliphatic heterocycles. The van der Waals surface area contributed by atoms with E-state index in [0.29, 0.717) is 22.6 Å². The molecule has 2 aromatic carbocycles. The molecule has 0 fully saturated rings. The standard InChI is InChI=1S/C21H14N4O2/c1-27-21(26)15-12-17(22-16-8-4-3-7-14(15)16)20-23-19-11-10-13-6-2-5-9-18(13)25(19)24-20/h2-12H,1H3. The van der Waals surface area contributed by atoms with E-state index in [2.05, 4.69) is 15.1 Å². The summed E-state index contributed by atoms with van der Waals surface area (Å²) in [6.07, 6.45) is 0. The number of rotatable bonds is 2. The summed E-state index contributed by atoms with van der Waals surface area (Å²) < 4.78 is 6.73. The summed E-state index contributed by atoms with van der Waals surface area (Å²) in [5, 5.41) is 6.45. The molecule has 0 aliphatic rings. The first-order valence-corrected chi connectivity index (χ1v) is 8.47. The highest BCUT2D eigenvalue weighted by atomic mass is 16.5.